The number of rotatable bonds is 0. The van der Waals surface area contributed by atoms with E-state index in [1.165, 1.54) is 0 Å². The van der Waals surface area contributed by atoms with Gasteiger partial charge in [-0.3, -0.25) is 0 Å². The van der Waals surface area contributed by atoms with Crippen molar-refractivity contribution in [2.75, 3.05) is 0 Å². The van der Waals surface area contributed by atoms with Gasteiger partial charge in [0.2, 0.25) is 0 Å². The summed E-state index contributed by atoms with van der Waals surface area (Å²) >= 11 is 17.6. The molecule has 0 N–H and O–H groups in total. The molecule has 0 saturated heterocycles. The molecule has 0 bridgehead atoms. The summed E-state index contributed by atoms with van der Waals surface area (Å²) < 4.78 is 0. The molecule has 4 heteroatoms. The standard InChI is InChI=1S/C9H4Cl3N/c10-5-2-1-3-7-9(5)6(11)4-8(12)13-7/h1-4H. The zero-order valence-electron chi connectivity index (χ0n) is 6.39. The van der Waals surface area contributed by atoms with Gasteiger partial charge in [-0.15, -0.1) is 0 Å². The second-order valence-corrected chi connectivity index (χ2v) is 3.76. The average Bonchev–Trinajstić information content (AvgIpc) is 2.02. The van der Waals surface area contributed by atoms with Crippen molar-refractivity contribution in [1.29, 1.82) is 0 Å². The molecule has 2 rings (SSSR count). The number of benzene rings is 1. The van der Waals surface area contributed by atoms with E-state index < -0.39 is 0 Å². The Balaban J connectivity index is 2.94. The minimum atomic E-state index is 0.375. The summed E-state index contributed by atoms with van der Waals surface area (Å²) in [5.41, 5.74) is 0.713. The van der Waals surface area contributed by atoms with Gasteiger partial charge in [0.15, 0.2) is 0 Å². The van der Waals surface area contributed by atoms with Gasteiger partial charge < -0.3 is 0 Å². The molecule has 0 atom stereocenters. The molecule has 2 aromatic rings. The molecule has 1 aromatic heterocycles. The minimum Gasteiger partial charge on any atom is -0.236 e. The predicted molar refractivity (Wildman–Crippen MR) is 56.8 cm³/mol. The van der Waals surface area contributed by atoms with E-state index in [4.69, 9.17) is 34.8 Å². The van der Waals surface area contributed by atoms with Crippen LogP contribution in [0.15, 0.2) is 24.3 Å². The molecule has 0 amide bonds. The molecule has 13 heavy (non-hydrogen) atoms. The Morgan fingerprint density at radius 3 is 2.54 bits per heavy atom. The maximum atomic E-state index is 5.96. The van der Waals surface area contributed by atoms with Crippen LogP contribution in [0.25, 0.3) is 10.9 Å². The monoisotopic (exact) mass is 231 g/mol. The van der Waals surface area contributed by atoms with Gasteiger partial charge >= 0.3 is 0 Å². The van der Waals surface area contributed by atoms with E-state index in [1.54, 1.807) is 12.1 Å². The van der Waals surface area contributed by atoms with Crippen LogP contribution in [0, 0.1) is 0 Å². The first kappa shape index (κ1) is 9.07. The Morgan fingerprint density at radius 2 is 1.77 bits per heavy atom. The van der Waals surface area contributed by atoms with E-state index in [0.717, 1.165) is 5.39 Å². The molecule has 0 aliphatic rings. The van der Waals surface area contributed by atoms with E-state index in [2.05, 4.69) is 4.98 Å². The molecule has 66 valence electrons. The topological polar surface area (TPSA) is 12.9 Å². The molecule has 1 nitrogen and oxygen atoms in total. The van der Waals surface area contributed by atoms with Crippen molar-refractivity contribution in [2.24, 2.45) is 0 Å². The summed E-state index contributed by atoms with van der Waals surface area (Å²) in [5, 5.41) is 2.24. The first-order valence-electron chi connectivity index (χ1n) is 3.59. The highest BCUT2D eigenvalue weighted by molar-refractivity contribution is 6.43. The highest BCUT2D eigenvalue weighted by Crippen LogP contribution is 2.30. The second kappa shape index (κ2) is 3.33. The highest BCUT2D eigenvalue weighted by Gasteiger charge is 2.05. The van der Waals surface area contributed by atoms with E-state index in [9.17, 15) is 0 Å². The summed E-state index contributed by atoms with van der Waals surface area (Å²) in [6, 6.07) is 6.98. The molecular weight excluding hydrogens is 228 g/mol. The Morgan fingerprint density at radius 1 is 1.00 bits per heavy atom. The Kier molecular flexibility index (Phi) is 2.33. The number of halogens is 3. The van der Waals surface area contributed by atoms with Gasteiger partial charge in [0, 0.05) is 5.39 Å². The molecule has 0 aliphatic carbocycles. The quantitative estimate of drug-likeness (QED) is 0.621. The van der Waals surface area contributed by atoms with Crippen molar-refractivity contribution >= 4 is 45.7 Å². The third-order valence-corrected chi connectivity index (χ3v) is 2.51. The van der Waals surface area contributed by atoms with Crippen LogP contribution in [0.4, 0.5) is 0 Å². The molecule has 1 heterocycles. The van der Waals surface area contributed by atoms with Crippen LogP contribution in [-0.4, -0.2) is 4.98 Å². The normalized spacial score (nSPS) is 10.7. The fourth-order valence-electron chi connectivity index (χ4n) is 1.17. The van der Waals surface area contributed by atoms with Crippen LogP contribution in [0.1, 0.15) is 0 Å². The zero-order valence-corrected chi connectivity index (χ0v) is 8.66. The molecule has 0 saturated carbocycles. The van der Waals surface area contributed by atoms with Gasteiger partial charge in [0.05, 0.1) is 15.6 Å². The van der Waals surface area contributed by atoms with Gasteiger partial charge in [-0.1, -0.05) is 40.9 Å². The molecule has 0 unspecified atom stereocenters. The Hall–Kier alpha value is -0.500. The lowest BCUT2D eigenvalue weighted by molar-refractivity contribution is 1.41. The summed E-state index contributed by atoms with van der Waals surface area (Å²) in [4.78, 5) is 4.09. The number of hydrogen-bond donors (Lipinski definition) is 0. The smallest absolute Gasteiger partial charge is 0.131 e. The highest BCUT2D eigenvalue weighted by atomic mass is 35.5. The van der Waals surface area contributed by atoms with Crippen LogP contribution < -0.4 is 0 Å². The van der Waals surface area contributed by atoms with Gasteiger partial charge in [0.1, 0.15) is 5.15 Å². The first-order chi connectivity index (χ1) is 6.18. The average molecular weight is 232 g/mol. The lowest BCUT2D eigenvalue weighted by Crippen LogP contribution is -1.81. The van der Waals surface area contributed by atoms with Crippen molar-refractivity contribution in [3.8, 4) is 0 Å². The number of nitrogens with zero attached hydrogens (tertiary/aromatic N) is 1. The largest absolute Gasteiger partial charge is 0.236 e. The van der Waals surface area contributed by atoms with Gasteiger partial charge in [-0.05, 0) is 18.2 Å². The maximum Gasteiger partial charge on any atom is 0.131 e. The van der Waals surface area contributed by atoms with Gasteiger partial charge in [-0.2, -0.15) is 0 Å². The summed E-state index contributed by atoms with van der Waals surface area (Å²) in [6.07, 6.45) is 0. The van der Waals surface area contributed by atoms with Crippen molar-refractivity contribution in [3.05, 3.63) is 39.5 Å². The van der Waals surface area contributed by atoms with E-state index in [1.807, 2.05) is 12.1 Å². The van der Waals surface area contributed by atoms with Crippen LogP contribution in [0.2, 0.25) is 15.2 Å². The number of hydrogen-bond acceptors (Lipinski definition) is 1. The summed E-state index contributed by atoms with van der Waals surface area (Å²) in [7, 11) is 0. The van der Waals surface area contributed by atoms with Crippen molar-refractivity contribution in [1.82, 2.24) is 4.98 Å². The number of pyridine rings is 1. The fourth-order valence-corrected chi connectivity index (χ4v) is 2.04. The molecular formula is C9H4Cl3N. The van der Waals surface area contributed by atoms with Gasteiger partial charge in [0.25, 0.3) is 0 Å². The Bertz CT molecular complexity index is 468. The predicted octanol–water partition coefficient (Wildman–Crippen LogP) is 4.20. The van der Waals surface area contributed by atoms with Crippen LogP contribution >= 0.6 is 34.8 Å². The fraction of sp³-hybridized carbons (Fsp3) is 0. The molecule has 0 fully saturated rings. The lowest BCUT2D eigenvalue weighted by atomic mass is 10.2. The molecule has 0 spiro atoms. The summed E-state index contributed by atoms with van der Waals surface area (Å²) in [5.74, 6) is 0. The lowest BCUT2D eigenvalue weighted by Gasteiger charge is -2.02. The minimum absolute atomic E-state index is 0.375. The Labute approximate surface area is 90.2 Å². The maximum absolute atomic E-state index is 5.96. The van der Waals surface area contributed by atoms with E-state index in [0.29, 0.717) is 20.7 Å². The summed E-state index contributed by atoms with van der Waals surface area (Å²) in [6.45, 7) is 0. The van der Waals surface area contributed by atoms with Crippen LogP contribution in [-0.2, 0) is 0 Å². The zero-order chi connectivity index (χ0) is 9.42. The molecule has 0 radical (unpaired) electrons. The number of aromatic nitrogens is 1. The molecule has 1 aromatic carbocycles. The van der Waals surface area contributed by atoms with E-state index in [-0.39, 0.29) is 0 Å². The molecule has 0 aliphatic heterocycles. The third-order valence-electron chi connectivity index (χ3n) is 1.70. The first-order valence-corrected chi connectivity index (χ1v) is 4.72. The number of fused-ring (bicyclic) bond motifs is 1. The van der Waals surface area contributed by atoms with Crippen LogP contribution in [0.5, 0.6) is 0 Å². The van der Waals surface area contributed by atoms with Crippen molar-refractivity contribution < 1.29 is 0 Å². The van der Waals surface area contributed by atoms with Crippen LogP contribution in [0.3, 0.4) is 0 Å². The van der Waals surface area contributed by atoms with Crippen molar-refractivity contribution in [3.63, 3.8) is 0 Å². The SMILES string of the molecule is Clc1cc(Cl)c2c(Cl)cccc2n1. The third kappa shape index (κ3) is 1.60. The second-order valence-electron chi connectivity index (χ2n) is 2.56. The van der Waals surface area contributed by atoms with E-state index >= 15 is 0 Å². The van der Waals surface area contributed by atoms with Crippen molar-refractivity contribution in [2.45, 2.75) is 0 Å². The van der Waals surface area contributed by atoms with Gasteiger partial charge in [-0.25, -0.2) is 4.98 Å².